The summed E-state index contributed by atoms with van der Waals surface area (Å²) in [5, 5.41) is 3.62. The molecule has 0 spiro atoms. The van der Waals surface area contributed by atoms with Crippen LogP contribution in [0.25, 0.3) is 0 Å². The van der Waals surface area contributed by atoms with Crippen molar-refractivity contribution in [3.8, 4) is 0 Å². The van der Waals surface area contributed by atoms with Gasteiger partial charge in [-0.25, -0.2) is 0 Å². The molecule has 106 valence electrons. The van der Waals surface area contributed by atoms with Gasteiger partial charge in [0.15, 0.2) is 0 Å². The highest BCUT2D eigenvalue weighted by molar-refractivity contribution is 5.09. The predicted molar refractivity (Wildman–Crippen MR) is 80.0 cm³/mol. The van der Waals surface area contributed by atoms with Gasteiger partial charge in [0.25, 0.3) is 0 Å². The van der Waals surface area contributed by atoms with Crippen LogP contribution in [0.15, 0.2) is 24.5 Å². The van der Waals surface area contributed by atoms with Crippen molar-refractivity contribution >= 4 is 0 Å². The van der Waals surface area contributed by atoms with E-state index in [1.807, 2.05) is 12.4 Å². The van der Waals surface area contributed by atoms with Crippen LogP contribution >= 0.6 is 0 Å². The van der Waals surface area contributed by atoms with E-state index in [1.165, 1.54) is 37.8 Å². The molecule has 0 aliphatic heterocycles. The monoisotopic (exact) mass is 261 g/mol. The SMILES string of the molecule is CCN(CCNCC1CCCC1)Cc1ccncc1. The number of nitrogens with zero attached hydrogens (tertiary/aromatic N) is 2. The van der Waals surface area contributed by atoms with Gasteiger partial charge >= 0.3 is 0 Å². The van der Waals surface area contributed by atoms with Crippen LogP contribution in [0.2, 0.25) is 0 Å². The Balaban J connectivity index is 1.62. The van der Waals surface area contributed by atoms with Crippen molar-refractivity contribution < 1.29 is 0 Å². The summed E-state index contributed by atoms with van der Waals surface area (Å²) in [5.41, 5.74) is 1.35. The van der Waals surface area contributed by atoms with E-state index in [9.17, 15) is 0 Å². The fourth-order valence-electron chi connectivity index (χ4n) is 2.85. The highest BCUT2D eigenvalue weighted by atomic mass is 15.1. The van der Waals surface area contributed by atoms with Gasteiger partial charge in [0.05, 0.1) is 0 Å². The van der Waals surface area contributed by atoms with Crippen molar-refractivity contribution in [2.24, 2.45) is 5.92 Å². The number of hydrogen-bond acceptors (Lipinski definition) is 3. The average Bonchev–Trinajstić information content (AvgIpc) is 2.96. The minimum absolute atomic E-state index is 0.940. The van der Waals surface area contributed by atoms with Crippen LogP contribution < -0.4 is 5.32 Å². The molecule has 0 radical (unpaired) electrons. The largest absolute Gasteiger partial charge is 0.315 e. The molecule has 3 heteroatoms. The maximum Gasteiger partial charge on any atom is 0.0271 e. The average molecular weight is 261 g/mol. The third-order valence-electron chi connectivity index (χ3n) is 4.12. The summed E-state index contributed by atoms with van der Waals surface area (Å²) < 4.78 is 0. The fraction of sp³-hybridized carbons (Fsp3) is 0.688. The maximum atomic E-state index is 4.07. The molecule has 3 nitrogen and oxygen atoms in total. The summed E-state index contributed by atoms with van der Waals surface area (Å²) in [7, 11) is 0. The Morgan fingerprint density at radius 2 is 2.00 bits per heavy atom. The molecule has 1 aromatic rings. The Morgan fingerprint density at radius 3 is 2.68 bits per heavy atom. The van der Waals surface area contributed by atoms with Gasteiger partial charge in [-0.15, -0.1) is 0 Å². The number of pyridine rings is 1. The van der Waals surface area contributed by atoms with Crippen LogP contribution in [0.5, 0.6) is 0 Å². The van der Waals surface area contributed by atoms with Gasteiger partial charge in [0.2, 0.25) is 0 Å². The maximum absolute atomic E-state index is 4.07. The van der Waals surface area contributed by atoms with Crippen LogP contribution in [0.3, 0.4) is 0 Å². The Labute approximate surface area is 117 Å². The lowest BCUT2D eigenvalue weighted by Gasteiger charge is -2.21. The number of nitrogens with one attached hydrogen (secondary N) is 1. The molecule has 0 atom stereocenters. The molecule has 0 saturated heterocycles. The Bertz CT molecular complexity index is 333. The first kappa shape index (κ1) is 14.5. The van der Waals surface area contributed by atoms with E-state index >= 15 is 0 Å². The lowest BCUT2D eigenvalue weighted by molar-refractivity contribution is 0.276. The normalized spacial score (nSPS) is 16.3. The van der Waals surface area contributed by atoms with Crippen LogP contribution in [-0.2, 0) is 6.54 Å². The molecule has 1 aromatic heterocycles. The van der Waals surface area contributed by atoms with E-state index in [-0.39, 0.29) is 0 Å². The molecule has 1 heterocycles. The summed E-state index contributed by atoms with van der Waals surface area (Å²) in [6.07, 6.45) is 9.50. The Morgan fingerprint density at radius 1 is 1.26 bits per heavy atom. The molecule has 1 aliphatic carbocycles. The first-order valence-corrected chi connectivity index (χ1v) is 7.70. The second-order valence-corrected chi connectivity index (χ2v) is 5.58. The van der Waals surface area contributed by atoms with Crippen LogP contribution in [0, 0.1) is 5.92 Å². The van der Waals surface area contributed by atoms with Crippen molar-refractivity contribution in [3.63, 3.8) is 0 Å². The minimum Gasteiger partial charge on any atom is -0.315 e. The highest BCUT2D eigenvalue weighted by Gasteiger charge is 2.14. The Kier molecular flexibility index (Phi) is 6.31. The lowest BCUT2D eigenvalue weighted by atomic mass is 10.1. The van der Waals surface area contributed by atoms with Gasteiger partial charge in [-0.05, 0) is 49.5 Å². The van der Waals surface area contributed by atoms with E-state index in [1.54, 1.807) is 0 Å². The fourth-order valence-corrected chi connectivity index (χ4v) is 2.85. The molecular formula is C16H27N3. The quantitative estimate of drug-likeness (QED) is 0.729. The van der Waals surface area contributed by atoms with Gasteiger partial charge in [-0.2, -0.15) is 0 Å². The predicted octanol–water partition coefficient (Wildman–Crippen LogP) is 2.68. The third-order valence-corrected chi connectivity index (χ3v) is 4.12. The second kappa shape index (κ2) is 8.28. The zero-order valence-electron chi connectivity index (χ0n) is 12.1. The second-order valence-electron chi connectivity index (χ2n) is 5.58. The first-order chi connectivity index (χ1) is 9.38. The van der Waals surface area contributed by atoms with Gasteiger partial charge in [-0.1, -0.05) is 19.8 Å². The lowest BCUT2D eigenvalue weighted by Crippen LogP contribution is -2.33. The summed E-state index contributed by atoms with van der Waals surface area (Å²) in [5.74, 6) is 0.940. The van der Waals surface area contributed by atoms with Crippen LogP contribution in [-0.4, -0.2) is 36.1 Å². The van der Waals surface area contributed by atoms with Crippen molar-refractivity contribution in [1.82, 2.24) is 15.2 Å². The number of aromatic nitrogens is 1. The first-order valence-electron chi connectivity index (χ1n) is 7.70. The molecule has 1 saturated carbocycles. The molecule has 19 heavy (non-hydrogen) atoms. The molecule has 0 bridgehead atoms. The standard InChI is InChI=1S/C16H27N3/c1-2-19(14-16-7-9-17-10-8-16)12-11-18-13-15-5-3-4-6-15/h7-10,15,18H,2-6,11-14H2,1H3. The number of likely N-dealkylation sites (N-methyl/N-ethyl adjacent to an activating group) is 1. The smallest absolute Gasteiger partial charge is 0.0271 e. The van der Waals surface area contributed by atoms with Gasteiger partial charge in [0, 0.05) is 32.0 Å². The van der Waals surface area contributed by atoms with E-state index in [0.29, 0.717) is 0 Å². The summed E-state index contributed by atoms with van der Waals surface area (Å²) in [6.45, 7) is 7.82. The van der Waals surface area contributed by atoms with Crippen molar-refractivity contribution in [2.45, 2.75) is 39.2 Å². The van der Waals surface area contributed by atoms with Gasteiger partial charge in [-0.3, -0.25) is 9.88 Å². The minimum atomic E-state index is 0.940. The number of rotatable bonds is 8. The van der Waals surface area contributed by atoms with E-state index in [2.05, 4.69) is 34.3 Å². The molecule has 0 aromatic carbocycles. The van der Waals surface area contributed by atoms with Crippen molar-refractivity contribution in [1.29, 1.82) is 0 Å². The summed E-state index contributed by atoms with van der Waals surface area (Å²) in [6, 6.07) is 4.21. The molecule has 2 rings (SSSR count). The molecule has 1 fully saturated rings. The summed E-state index contributed by atoms with van der Waals surface area (Å²) in [4.78, 5) is 6.55. The molecule has 1 N–H and O–H groups in total. The van der Waals surface area contributed by atoms with Crippen molar-refractivity contribution in [2.75, 3.05) is 26.2 Å². The summed E-state index contributed by atoms with van der Waals surface area (Å²) >= 11 is 0. The van der Waals surface area contributed by atoms with Gasteiger partial charge in [0.1, 0.15) is 0 Å². The van der Waals surface area contributed by atoms with Crippen LogP contribution in [0.4, 0.5) is 0 Å². The molecule has 0 unspecified atom stereocenters. The van der Waals surface area contributed by atoms with Gasteiger partial charge < -0.3 is 5.32 Å². The molecule has 1 aliphatic rings. The van der Waals surface area contributed by atoms with E-state index < -0.39 is 0 Å². The number of hydrogen-bond donors (Lipinski definition) is 1. The topological polar surface area (TPSA) is 28.2 Å². The zero-order valence-corrected chi connectivity index (χ0v) is 12.1. The molecule has 0 amide bonds. The third kappa shape index (κ3) is 5.29. The van der Waals surface area contributed by atoms with E-state index in [4.69, 9.17) is 0 Å². The Hall–Kier alpha value is -0.930. The van der Waals surface area contributed by atoms with Crippen molar-refractivity contribution in [3.05, 3.63) is 30.1 Å². The zero-order chi connectivity index (χ0) is 13.3. The highest BCUT2D eigenvalue weighted by Crippen LogP contribution is 2.23. The van der Waals surface area contributed by atoms with Crippen LogP contribution in [0.1, 0.15) is 38.2 Å². The molecular weight excluding hydrogens is 234 g/mol. The van der Waals surface area contributed by atoms with E-state index in [0.717, 1.165) is 32.1 Å².